The number of hydrogen-bond acceptors (Lipinski definition) is 6. The smallest absolute Gasteiger partial charge is 0.208 e. The molecule has 0 aliphatic carbocycles. The first kappa shape index (κ1) is 15.7. The zero-order chi connectivity index (χ0) is 17.6. The molecule has 0 unspecified atom stereocenters. The highest BCUT2D eigenvalue weighted by molar-refractivity contribution is 5.98. The van der Waals surface area contributed by atoms with Crippen LogP contribution >= 0.6 is 0 Å². The van der Waals surface area contributed by atoms with Crippen molar-refractivity contribution in [2.45, 2.75) is 20.3 Å². The van der Waals surface area contributed by atoms with Gasteiger partial charge in [-0.05, 0) is 20.3 Å². The molecule has 6 heteroatoms. The molecule has 0 saturated heterocycles. The van der Waals surface area contributed by atoms with Crippen molar-refractivity contribution < 1.29 is 24.8 Å². The number of allylic oxidation sites excluding steroid dienone is 2. The van der Waals surface area contributed by atoms with Gasteiger partial charge in [-0.25, -0.2) is 0 Å². The summed E-state index contributed by atoms with van der Waals surface area (Å²) in [5, 5.41) is 39.4. The fourth-order valence-electron chi connectivity index (χ4n) is 2.64. The van der Waals surface area contributed by atoms with E-state index in [0.717, 1.165) is 17.7 Å². The molecule has 1 heterocycles. The van der Waals surface area contributed by atoms with Crippen LogP contribution in [0.15, 0.2) is 39.1 Å². The Kier molecular flexibility index (Phi) is 3.60. The standard InChI is InChI=1S/C18H16O6/c1-8(2)3-4-10-11(20)7-13(22)16-17(23)15-12(21)5-9(19)6-14(15)24-18(10)16/h3,5-7,19-22H,4H2,1-2H3. The normalized spacial score (nSPS) is 11.1. The number of aromatic hydroxyl groups is 4. The second-order valence-electron chi connectivity index (χ2n) is 5.85. The molecule has 0 atom stereocenters. The fourth-order valence-corrected chi connectivity index (χ4v) is 2.64. The monoisotopic (exact) mass is 328 g/mol. The predicted octanol–water partition coefficient (Wildman–Crippen LogP) is 3.28. The van der Waals surface area contributed by atoms with Crippen LogP contribution in [0.25, 0.3) is 21.9 Å². The van der Waals surface area contributed by atoms with Crippen LogP contribution in [0.4, 0.5) is 0 Å². The molecule has 2 aromatic carbocycles. The summed E-state index contributed by atoms with van der Waals surface area (Å²) in [6.07, 6.45) is 2.14. The molecule has 0 aliphatic rings. The van der Waals surface area contributed by atoms with Crippen molar-refractivity contribution in [3.05, 3.63) is 45.6 Å². The van der Waals surface area contributed by atoms with E-state index in [1.165, 1.54) is 6.07 Å². The molecular weight excluding hydrogens is 312 g/mol. The summed E-state index contributed by atoms with van der Waals surface area (Å²) in [6, 6.07) is 3.30. The van der Waals surface area contributed by atoms with E-state index in [-0.39, 0.29) is 33.4 Å². The van der Waals surface area contributed by atoms with Gasteiger partial charge in [0.1, 0.15) is 44.9 Å². The van der Waals surface area contributed by atoms with Gasteiger partial charge in [-0.15, -0.1) is 0 Å². The van der Waals surface area contributed by atoms with E-state index in [0.29, 0.717) is 12.0 Å². The average Bonchev–Trinajstić information content (AvgIpc) is 2.44. The largest absolute Gasteiger partial charge is 0.508 e. The molecule has 3 rings (SSSR count). The lowest BCUT2D eigenvalue weighted by molar-refractivity contribution is 0.448. The highest BCUT2D eigenvalue weighted by Crippen LogP contribution is 2.37. The predicted molar refractivity (Wildman–Crippen MR) is 89.8 cm³/mol. The highest BCUT2D eigenvalue weighted by atomic mass is 16.3. The minimum absolute atomic E-state index is 0.0208. The zero-order valence-corrected chi connectivity index (χ0v) is 13.1. The third kappa shape index (κ3) is 2.42. The van der Waals surface area contributed by atoms with Gasteiger partial charge in [-0.1, -0.05) is 11.6 Å². The van der Waals surface area contributed by atoms with Crippen LogP contribution in [0.3, 0.4) is 0 Å². The molecule has 4 N–H and O–H groups in total. The van der Waals surface area contributed by atoms with Crippen LogP contribution in [-0.4, -0.2) is 20.4 Å². The van der Waals surface area contributed by atoms with Gasteiger partial charge in [-0.3, -0.25) is 4.79 Å². The Morgan fingerprint density at radius 2 is 1.67 bits per heavy atom. The molecule has 0 bridgehead atoms. The Bertz CT molecular complexity index is 1050. The van der Waals surface area contributed by atoms with E-state index in [2.05, 4.69) is 0 Å². The van der Waals surface area contributed by atoms with Crippen molar-refractivity contribution >= 4 is 21.9 Å². The zero-order valence-electron chi connectivity index (χ0n) is 13.1. The summed E-state index contributed by atoms with van der Waals surface area (Å²) in [5.74, 6) is -1.35. The third-order valence-corrected chi connectivity index (χ3v) is 3.79. The minimum Gasteiger partial charge on any atom is -0.508 e. The van der Waals surface area contributed by atoms with Crippen LogP contribution in [0, 0.1) is 0 Å². The second kappa shape index (κ2) is 5.49. The van der Waals surface area contributed by atoms with Gasteiger partial charge in [0.2, 0.25) is 5.43 Å². The van der Waals surface area contributed by atoms with Crippen molar-refractivity contribution in [1.82, 2.24) is 0 Å². The van der Waals surface area contributed by atoms with Crippen molar-refractivity contribution in [2.75, 3.05) is 0 Å². The molecule has 6 nitrogen and oxygen atoms in total. The van der Waals surface area contributed by atoms with Crippen LogP contribution < -0.4 is 5.43 Å². The van der Waals surface area contributed by atoms with Gasteiger partial charge >= 0.3 is 0 Å². The maximum atomic E-state index is 12.7. The number of phenolic OH excluding ortho intramolecular Hbond substituents is 4. The number of rotatable bonds is 2. The van der Waals surface area contributed by atoms with E-state index in [9.17, 15) is 25.2 Å². The fraction of sp³-hybridized carbons (Fsp3) is 0.167. The molecule has 0 spiro atoms. The molecule has 0 aliphatic heterocycles. The van der Waals surface area contributed by atoms with Crippen molar-refractivity contribution in [3.8, 4) is 23.0 Å². The Morgan fingerprint density at radius 3 is 2.33 bits per heavy atom. The van der Waals surface area contributed by atoms with Crippen LogP contribution in [0.2, 0.25) is 0 Å². The lowest BCUT2D eigenvalue weighted by Gasteiger charge is -2.10. The quantitative estimate of drug-likeness (QED) is 0.424. The first-order chi connectivity index (χ1) is 11.3. The number of fused-ring (bicyclic) bond motifs is 2. The Labute approximate surface area is 136 Å². The van der Waals surface area contributed by atoms with Crippen LogP contribution in [0.1, 0.15) is 19.4 Å². The molecule has 3 aromatic rings. The summed E-state index contributed by atoms with van der Waals surface area (Å²) in [7, 11) is 0. The van der Waals surface area contributed by atoms with Gasteiger partial charge in [0.05, 0.1) is 0 Å². The average molecular weight is 328 g/mol. The summed E-state index contributed by atoms with van der Waals surface area (Å²) >= 11 is 0. The Hall–Kier alpha value is -3.15. The van der Waals surface area contributed by atoms with Gasteiger partial charge in [0.25, 0.3) is 0 Å². The van der Waals surface area contributed by atoms with E-state index in [1.54, 1.807) is 0 Å². The first-order valence-electron chi connectivity index (χ1n) is 7.29. The van der Waals surface area contributed by atoms with Gasteiger partial charge in [-0.2, -0.15) is 0 Å². The summed E-state index contributed by atoms with van der Waals surface area (Å²) in [5.41, 5.74) is 0.695. The van der Waals surface area contributed by atoms with Crippen molar-refractivity contribution in [3.63, 3.8) is 0 Å². The maximum absolute atomic E-state index is 12.7. The molecule has 0 fully saturated rings. The summed E-state index contributed by atoms with van der Waals surface area (Å²) in [4.78, 5) is 12.7. The minimum atomic E-state index is -0.639. The van der Waals surface area contributed by atoms with Crippen LogP contribution in [-0.2, 0) is 6.42 Å². The second-order valence-corrected chi connectivity index (χ2v) is 5.85. The lowest BCUT2D eigenvalue weighted by atomic mass is 10.0. The Balaban J connectivity index is 2.51. The molecular formula is C18H16O6. The molecule has 0 saturated carbocycles. The molecule has 124 valence electrons. The van der Waals surface area contributed by atoms with E-state index < -0.39 is 16.9 Å². The van der Waals surface area contributed by atoms with E-state index >= 15 is 0 Å². The molecule has 0 amide bonds. The van der Waals surface area contributed by atoms with Crippen LogP contribution in [0.5, 0.6) is 23.0 Å². The lowest BCUT2D eigenvalue weighted by Crippen LogP contribution is -2.04. The summed E-state index contributed by atoms with van der Waals surface area (Å²) < 4.78 is 5.64. The number of benzene rings is 2. The highest BCUT2D eigenvalue weighted by Gasteiger charge is 2.20. The van der Waals surface area contributed by atoms with E-state index in [1.807, 2.05) is 19.9 Å². The van der Waals surface area contributed by atoms with Gasteiger partial charge in [0.15, 0.2) is 0 Å². The van der Waals surface area contributed by atoms with E-state index in [4.69, 9.17) is 4.42 Å². The first-order valence-corrected chi connectivity index (χ1v) is 7.29. The van der Waals surface area contributed by atoms with Gasteiger partial charge in [0, 0.05) is 23.8 Å². The molecule has 0 radical (unpaired) electrons. The maximum Gasteiger partial charge on any atom is 0.208 e. The van der Waals surface area contributed by atoms with Crippen molar-refractivity contribution in [2.24, 2.45) is 0 Å². The third-order valence-electron chi connectivity index (χ3n) is 3.79. The van der Waals surface area contributed by atoms with Crippen molar-refractivity contribution in [1.29, 1.82) is 0 Å². The number of phenols is 4. The number of hydrogen-bond donors (Lipinski definition) is 4. The molecule has 1 aromatic heterocycles. The van der Waals surface area contributed by atoms with Gasteiger partial charge < -0.3 is 24.8 Å². The topological polar surface area (TPSA) is 111 Å². The summed E-state index contributed by atoms with van der Waals surface area (Å²) in [6.45, 7) is 3.78. The SMILES string of the molecule is CC(C)=CCc1c(O)cc(O)c2c(=O)c3c(O)cc(O)cc3oc12. The Morgan fingerprint density at radius 1 is 1.00 bits per heavy atom. The molecule has 24 heavy (non-hydrogen) atoms.